The first-order valence-corrected chi connectivity index (χ1v) is 12.5. The van der Waals surface area contributed by atoms with Gasteiger partial charge in [-0.15, -0.1) is 0 Å². The van der Waals surface area contributed by atoms with Gasteiger partial charge in [-0.25, -0.2) is 0 Å². The van der Waals surface area contributed by atoms with Crippen LogP contribution in [0.5, 0.6) is 5.75 Å². The van der Waals surface area contributed by atoms with Crippen molar-refractivity contribution in [2.24, 2.45) is 5.92 Å². The summed E-state index contributed by atoms with van der Waals surface area (Å²) in [4.78, 5) is 72.8. The average Bonchev–Trinajstić information content (AvgIpc) is 2.87. The summed E-state index contributed by atoms with van der Waals surface area (Å²) in [6, 6.07) is 2.82. The molecule has 0 aliphatic rings. The molecule has 0 radical (unpaired) electrons. The third-order valence-electron chi connectivity index (χ3n) is 5.72. The Balaban J connectivity index is 3.09. The predicted octanol–water partition coefficient (Wildman–Crippen LogP) is -0.197. The maximum absolute atomic E-state index is 13.2. The lowest BCUT2D eigenvalue weighted by atomic mass is 10.0. The molecule has 0 saturated carbocycles. The number of benzene rings is 1. The molecule has 0 aliphatic carbocycles. The monoisotopic (exact) mass is 561 g/mol. The number of nitriles is 1. The lowest BCUT2D eigenvalue weighted by molar-refractivity contribution is -0.138. The molecule has 0 heterocycles. The maximum Gasteiger partial charge on any atom is 0.303 e. The van der Waals surface area contributed by atoms with Crippen LogP contribution in [0.4, 0.5) is 0 Å². The normalized spacial score (nSPS) is 13.6. The highest BCUT2D eigenvalue weighted by atomic mass is 16.4. The number of amides is 4. The molecule has 1 aromatic carbocycles. The molecule has 14 heteroatoms. The summed E-state index contributed by atoms with van der Waals surface area (Å²) in [5.74, 6) is -5.82. The molecule has 1 aromatic rings. The molecule has 0 fully saturated rings. The zero-order valence-corrected chi connectivity index (χ0v) is 22.5. The van der Waals surface area contributed by atoms with E-state index in [4.69, 9.17) is 10.2 Å². The molecule has 4 amide bonds. The highest BCUT2D eigenvalue weighted by Gasteiger charge is 2.32. The third-order valence-corrected chi connectivity index (χ3v) is 5.72. The lowest BCUT2D eigenvalue weighted by Gasteiger charge is -2.27. The van der Waals surface area contributed by atoms with Gasteiger partial charge in [0.1, 0.15) is 29.9 Å². The smallest absolute Gasteiger partial charge is 0.303 e. The first-order valence-electron chi connectivity index (χ1n) is 12.5. The number of carbonyl (C=O) groups is 6. The number of hydrogen-bond donors (Lipinski definition) is 7. The van der Waals surface area contributed by atoms with Gasteiger partial charge in [0.25, 0.3) is 0 Å². The number of phenolic OH excluding ortho intramolecular Hbond substituents is 1. The van der Waals surface area contributed by atoms with Crippen molar-refractivity contribution in [1.82, 2.24) is 21.3 Å². The van der Waals surface area contributed by atoms with Gasteiger partial charge in [-0.05, 0) is 36.5 Å². The molecule has 0 spiro atoms. The van der Waals surface area contributed by atoms with Crippen LogP contribution in [-0.2, 0) is 35.2 Å². The molecular formula is C26H35N5O9. The second-order valence-electron chi connectivity index (χ2n) is 9.47. The van der Waals surface area contributed by atoms with E-state index in [9.17, 15) is 39.1 Å². The minimum absolute atomic E-state index is 0.00130. The zero-order valence-electron chi connectivity index (χ0n) is 22.5. The van der Waals surface area contributed by atoms with Crippen molar-refractivity contribution >= 4 is 35.6 Å². The van der Waals surface area contributed by atoms with Gasteiger partial charge in [-0.1, -0.05) is 26.0 Å². The summed E-state index contributed by atoms with van der Waals surface area (Å²) in [6.07, 6.45) is -1.34. The number of aromatic hydroxyl groups is 1. The fraction of sp³-hybridized carbons (Fsp3) is 0.500. The van der Waals surface area contributed by atoms with Crippen molar-refractivity contribution in [3.63, 3.8) is 0 Å². The zero-order chi connectivity index (χ0) is 30.4. The number of rotatable bonds is 16. The number of aliphatic carboxylic acids is 2. The fourth-order valence-electron chi connectivity index (χ4n) is 3.62. The molecule has 7 N–H and O–H groups in total. The Morgan fingerprint density at radius 1 is 0.800 bits per heavy atom. The molecule has 218 valence electrons. The Kier molecular flexibility index (Phi) is 13.6. The number of carbonyl (C=O) groups excluding carboxylic acids is 4. The molecule has 0 unspecified atom stereocenters. The Morgan fingerprint density at radius 2 is 1.35 bits per heavy atom. The minimum atomic E-state index is -1.40. The molecule has 4 atom stereocenters. The Bertz CT molecular complexity index is 1110. The average molecular weight is 562 g/mol. The Hall–Kier alpha value is -4.67. The van der Waals surface area contributed by atoms with E-state index in [0.717, 1.165) is 0 Å². The van der Waals surface area contributed by atoms with Crippen LogP contribution in [-0.4, -0.2) is 75.1 Å². The SMILES string of the molecule is CC(=O)N[C@@H](Cc1ccc(O)cc1)C(=O)N[C@@H](CCC(=O)O)C(=O)N[C@H](C(=O)N[C@H](C#N)CCC(=O)O)C(C)C. The number of carboxylic acid groups (broad SMARTS) is 2. The van der Waals surface area contributed by atoms with Gasteiger partial charge in [0.15, 0.2) is 0 Å². The summed E-state index contributed by atoms with van der Waals surface area (Å²) < 4.78 is 0. The number of phenols is 1. The van der Waals surface area contributed by atoms with E-state index in [1.807, 2.05) is 0 Å². The summed E-state index contributed by atoms with van der Waals surface area (Å²) in [5, 5.41) is 46.5. The quantitative estimate of drug-likeness (QED) is 0.140. The van der Waals surface area contributed by atoms with Crippen LogP contribution in [0.15, 0.2) is 24.3 Å². The maximum atomic E-state index is 13.2. The van der Waals surface area contributed by atoms with Crippen molar-refractivity contribution in [2.75, 3.05) is 0 Å². The van der Waals surface area contributed by atoms with Crippen molar-refractivity contribution in [3.8, 4) is 11.8 Å². The van der Waals surface area contributed by atoms with Crippen LogP contribution >= 0.6 is 0 Å². The van der Waals surface area contributed by atoms with E-state index in [2.05, 4.69) is 21.3 Å². The number of nitrogens with one attached hydrogen (secondary N) is 4. The van der Waals surface area contributed by atoms with E-state index in [-0.39, 0.29) is 31.4 Å². The van der Waals surface area contributed by atoms with Crippen molar-refractivity contribution < 1.29 is 44.1 Å². The van der Waals surface area contributed by atoms with E-state index >= 15 is 0 Å². The van der Waals surface area contributed by atoms with Gasteiger partial charge in [0.05, 0.1) is 6.07 Å². The third kappa shape index (κ3) is 12.2. The predicted molar refractivity (Wildman–Crippen MR) is 139 cm³/mol. The van der Waals surface area contributed by atoms with Crippen LogP contribution in [0.1, 0.15) is 52.0 Å². The molecule has 40 heavy (non-hydrogen) atoms. The highest BCUT2D eigenvalue weighted by Crippen LogP contribution is 2.12. The largest absolute Gasteiger partial charge is 0.508 e. The molecule has 0 aromatic heterocycles. The standard InChI is InChI=1S/C26H35N5O9/c1-14(2)23(26(40)29-17(13-27)6-10-21(34)35)31-24(38)19(9-11-22(36)37)30-25(39)20(28-15(3)32)12-16-4-7-18(33)8-5-16/h4-5,7-8,14,17,19-20,23,33H,6,9-12H2,1-3H3,(H,28,32)(H,29,40)(H,30,39)(H,31,38)(H,34,35)(H,36,37)/t17-,19-,20-,23-/m0/s1. The number of nitrogens with zero attached hydrogens (tertiary/aromatic N) is 1. The van der Waals surface area contributed by atoms with Crippen molar-refractivity contribution in [3.05, 3.63) is 29.8 Å². The van der Waals surface area contributed by atoms with Gasteiger partial charge in [-0.2, -0.15) is 5.26 Å². The molecule has 14 nitrogen and oxygen atoms in total. The van der Waals surface area contributed by atoms with E-state index in [1.165, 1.54) is 19.1 Å². The van der Waals surface area contributed by atoms with Crippen LogP contribution in [0.2, 0.25) is 0 Å². The van der Waals surface area contributed by atoms with Crippen molar-refractivity contribution in [2.45, 2.75) is 77.0 Å². The van der Waals surface area contributed by atoms with Crippen LogP contribution in [0, 0.1) is 17.2 Å². The van der Waals surface area contributed by atoms with Gasteiger partial charge in [-0.3, -0.25) is 28.8 Å². The first-order chi connectivity index (χ1) is 18.7. The van der Waals surface area contributed by atoms with Crippen LogP contribution in [0.25, 0.3) is 0 Å². The Labute approximate surface area is 231 Å². The second-order valence-corrected chi connectivity index (χ2v) is 9.47. The summed E-state index contributed by atoms with van der Waals surface area (Å²) in [7, 11) is 0. The lowest BCUT2D eigenvalue weighted by Crippen LogP contribution is -2.58. The van der Waals surface area contributed by atoms with Crippen LogP contribution < -0.4 is 21.3 Å². The van der Waals surface area contributed by atoms with E-state index in [1.54, 1.807) is 32.0 Å². The van der Waals surface area contributed by atoms with E-state index < -0.39 is 72.1 Å². The fourth-order valence-corrected chi connectivity index (χ4v) is 3.62. The summed E-state index contributed by atoms with van der Waals surface area (Å²) in [5.41, 5.74) is 0.588. The molecule has 0 bridgehead atoms. The molecule has 1 rings (SSSR count). The summed E-state index contributed by atoms with van der Waals surface area (Å²) in [6.45, 7) is 4.42. The number of hydrogen-bond acceptors (Lipinski definition) is 8. The van der Waals surface area contributed by atoms with Gasteiger partial charge in [0, 0.05) is 26.2 Å². The van der Waals surface area contributed by atoms with Gasteiger partial charge < -0.3 is 36.6 Å². The highest BCUT2D eigenvalue weighted by molar-refractivity contribution is 5.94. The topological polar surface area (TPSA) is 235 Å². The molecule has 0 saturated heterocycles. The second kappa shape index (κ2) is 16.3. The van der Waals surface area contributed by atoms with Crippen molar-refractivity contribution in [1.29, 1.82) is 5.26 Å². The van der Waals surface area contributed by atoms with Gasteiger partial charge in [0.2, 0.25) is 23.6 Å². The molecular weight excluding hydrogens is 526 g/mol. The first kappa shape index (κ1) is 33.4. The minimum Gasteiger partial charge on any atom is -0.508 e. The Morgan fingerprint density at radius 3 is 1.85 bits per heavy atom. The van der Waals surface area contributed by atoms with E-state index in [0.29, 0.717) is 5.56 Å². The number of carboxylic acids is 2. The summed E-state index contributed by atoms with van der Waals surface area (Å²) >= 11 is 0. The van der Waals surface area contributed by atoms with Crippen LogP contribution in [0.3, 0.4) is 0 Å². The van der Waals surface area contributed by atoms with Gasteiger partial charge >= 0.3 is 11.9 Å². The molecule has 0 aliphatic heterocycles.